The number of carboxylic acid groups (broad SMARTS) is 1. The fraction of sp³-hybridized carbons (Fsp3) is 0.438. The van der Waals surface area contributed by atoms with Crippen molar-refractivity contribution in [2.45, 2.75) is 38.3 Å². The topological polar surface area (TPSA) is 86.7 Å². The number of carbonyl (C=O) groups excluding carboxylic acids is 2. The van der Waals surface area contributed by atoms with Gasteiger partial charge in [0.15, 0.2) is 0 Å². The summed E-state index contributed by atoms with van der Waals surface area (Å²) in [6.07, 6.45) is 1.24. The summed E-state index contributed by atoms with van der Waals surface area (Å²) in [7, 11) is 0. The minimum atomic E-state index is -0.971. The number of hydrogen-bond donors (Lipinski definition) is 2. The number of hydrogen-bond acceptors (Lipinski definition) is 3. The van der Waals surface area contributed by atoms with Crippen molar-refractivity contribution in [1.82, 2.24) is 10.2 Å². The first-order chi connectivity index (χ1) is 10.5. The molecular formula is C16H20N2O4. The van der Waals surface area contributed by atoms with Crippen LogP contribution in [-0.4, -0.2) is 40.4 Å². The van der Waals surface area contributed by atoms with Crippen LogP contribution < -0.4 is 5.32 Å². The highest BCUT2D eigenvalue weighted by Gasteiger charge is 2.34. The van der Waals surface area contributed by atoms with E-state index in [9.17, 15) is 14.4 Å². The molecule has 1 heterocycles. The summed E-state index contributed by atoms with van der Waals surface area (Å²) in [6.45, 7) is 1.85. The van der Waals surface area contributed by atoms with Crippen molar-refractivity contribution in [3.05, 3.63) is 35.9 Å². The van der Waals surface area contributed by atoms with Gasteiger partial charge in [-0.05, 0) is 18.4 Å². The summed E-state index contributed by atoms with van der Waals surface area (Å²) < 4.78 is 0. The predicted octanol–water partition coefficient (Wildman–Crippen LogP) is 1.33. The molecule has 2 N–H and O–H groups in total. The molecule has 0 radical (unpaired) electrons. The standard InChI is InChI=1S/C16H20N2O4/c1-11(19)17-13(12-6-3-2-4-7-12)10-15(20)18-9-5-8-14(18)16(21)22/h2-4,6-7,13-14H,5,8-10H2,1H3,(H,17,19)(H,21,22)/t13?,14-/m1/s1. The Morgan fingerprint density at radius 2 is 2.00 bits per heavy atom. The van der Waals surface area contributed by atoms with Crippen LogP contribution in [0, 0.1) is 0 Å². The van der Waals surface area contributed by atoms with Crippen LogP contribution in [0.4, 0.5) is 0 Å². The van der Waals surface area contributed by atoms with Gasteiger partial charge in [-0.3, -0.25) is 9.59 Å². The Kier molecular flexibility index (Phi) is 5.14. The zero-order valence-electron chi connectivity index (χ0n) is 12.5. The fourth-order valence-electron chi connectivity index (χ4n) is 2.80. The molecule has 0 saturated carbocycles. The molecule has 1 aromatic rings. The molecule has 6 nitrogen and oxygen atoms in total. The van der Waals surface area contributed by atoms with E-state index < -0.39 is 18.1 Å². The Labute approximate surface area is 129 Å². The third-order valence-corrected chi connectivity index (χ3v) is 3.82. The number of benzene rings is 1. The third-order valence-electron chi connectivity index (χ3n) is 3.82. The highest BCUT2D eigenvalue weighted by Crippen LogP contribution is 2.23. The van der Waals surface area contributed by atoms with Gasteiger partial charge in [-0.15, -0.1) is 0 Å². The number of nitrogens with one attached hydrogen (secondary N) is 1. The van der Waals surface area contributed by atoms with Gasteiger partial charge in [0, 0.05) is 13.5 Å². The molecular weight excluding hydrogens is 284 g/mol. The van der Waals surface area contributed by atoms with E-state index in [-0.39, 0.29) is 18.2 Å². The van der Waals surface area contributed by atoms with E-state index in [4.69, 9.17) is 5.11 Å². The van der Waals surface area contributed by atoms with Crippen LogP contribution in [0.2, 0.25) is 0 Å². The molecule has 1 aliphatic rings. The summed E-state index contributed by atoms with van der Waals surface area (Å²) in [6, 6.07) is 8.02. The molecule has 1 saturated heterocycles. The van der Waals surface area contributed by atoms with Crippen LogP contribution in [0.25, 0.3) is 0 Å². The molecule has 0 aliphatic carbocycles. The number of carboxylic acids is 1. The van der Waals surface area contributed by atoms with Crippen LogP contribution in [0.1, 0.15) is 37.8 Å². The van der Waals surface area contributed by atoms with Crippen molar-refractivity contribution in [2.24, 2.45) is 0 Å². The van der Waals surface area contributed by atoms with Crippen molar-refractivity contribution in [2.75, 3.05) is 6.54 Å². The van der Waals surface area contributed by atoms with Crippen LogP contribution in [0.5, 0.6) is 0 Å². The smallest absolute Gasteiger partial charge is 0.326 e. The maximum Gasteiger partial charge on any atom is 0.326 e. The number of rotatable bonds is 5. The molecule has 1 aliphatic heterocycles. The molecule has 2 rings (SSSR count). The highest BCUT2D eigenvalue weighted by molar-refractivity contribution is 5.85. The van der Waals surface area contributed by atoms with Gasteiger partial charge in [0.1, 0.15) is 6.04 Å². The SMILES string of the molecule is CC(=O)NC(CC(=O)N1CCC[C@@H]1C(=O)O)c1ccccc1. The second-order valence-corrected chi connectivity index (χ2v) is 5.45. The highest BCUT2D eigenvalue weighted by atomic mass is 16.4. The monoisotopic (exact) mass is 304 g/mol. The summed E-state index contributed by atoms with van der Waals surface area (Å²) in [5, 5.41) is 11.9. The van der Waals surface area contributed by atoms with Gasteiger partial charge in [-0.25, -0.2) is 4.79 Å². The Bertz CT molecular complexity index is 559. The van der Waals surface area contributed by atoms with Crippen molar-refractivity contribution in [1.29, 1.82) is 0 Å². The van der Waals surface area contributed by atoms with Gasteiger partial charge in [-0.1, -0.05) is 30.3 Å². The Hall–Kier alpha value is -2.37. The normalized spacial score (nSPS) is 18.8. The summed E-state index contributed by atoms with van der Waals surface area (Å²) in [5.41, 5.74) is 0.831. The quantitative estimate of drug-likeness (QED) is 0.859. The fourth-order valence-corrected chi connectivity index (χ4v) is 2.80. The first-order valence-corrected chi connectivity index (χ1v) is 7.33. The Morgan fingerprint density at radius 3 is 2.59 bits per heavy atom. The molecule has 2 amide bonds. The zero-order chi connectivity index (χ0) is 16.1. The van der Waals surface area contributed by atoms with E-state index in [0.29, 0.717) is 19.4 Å². The minimum absolute atomic E-state index is 0.0629. The molecule has 2 atom stereocenters. The van der Waals surface area contributed by atoms with Gasteiger partial charge in [0.05, 0.1) is 12.5 Å². The van der Waals surface area contributed by atoms with Crippen LogP contribution >= 0.6 is 0 Å². The van der Waals surface area contributed by atoms with E-state index in [1.165, 1.54) is 11.8 Å². The average molecular weight is 304 g/mol. The Balaban J connectivity index is 2.11. The number of nitrogens with zero attached hydrogens (tertiary/aromatic N) is 1. The molecule has 0 bridgehead atoms. The second-order valence-electron chi connectivity index (χ2n) is 5.45. The van der Waals surface area contributed by atoms with Crippen molar-refractivity contribution in [3.8, 4) is 0 Å². The Morgan fingerprint density at radius 1 is 1.32 bits per heavy atom. The van der Waals surface area contributed by atoms with E-state index in [0.717, 1.165) is 5.56 Å². The minimum Gasteiger partial charge on any atom is -0.480 e. The van der Waals surface area contributed by atoms with Gasteiger partial charge < -0.3 is 15.3 Å². The van der Waals surface area contributed by atoms with Crippen LogP contribution in [-0.2, 0) is 14.4 Å². The third kappa shape index (κ3) is 3.84. The zero-order valence-corrected chi connectivity index (χ0v) is 12.5. The van der Waals surface area contributed by atoms with E-state index in [2.05, 4.69) is 5.32 Å². The average Bonchev–Trinajstić information content (AvgIpc) is 2.96. The number of amides is 2. The first-order valence-electron chi connectivity index (χ1n) is 7.33. The van der Waals surface area contributed by atoms with Crippen LogP contribution in [0.3, 0.4) is 0 Å². The lowest BCUT2D eigenvalue weighted by atomic mass is 10.0. The van der Waals surface area contributed by atoms with Crippen molar-refractivity contribution < 1.29 is 19.5 Å². The molecule has 6 heteroatoms. The molecule has 0 spiro atoms. The maximum atomic E-state index is 12.4. The lowest BCUT2D eigenvalue weighted by Crippen LogP contribution is -2.42. The van der Waals surface area contributed by atoms with E-state index in [1.54, 1.807) is 0 Å². The van der Waals surface area contributed by atoms with Gasteiger partial charge >= 0.3 is 5.97 Å². The molecule has 1 fully saturated rings. The van der Waals surface area contributed by atoms with Gasteiger partial charge in [0.25, 0.3) is 0 Å². The van der Waals surface area contributed by atoms with Gasteiger partial charge in [-0.2, -0.15) is 0 Å². The van der Waals surface area contributed by atoms with Crippen LogP contribution in [0.15, 0.2) is 30.3 Å². The molecule has 0 aromatic heterocycles. The molecule has 1 unspecified atom stereocenters. The van der Waals surface area contributed by atoms with E-state index in [1.807, 2.05) is 30.3 Å². The maximum absolute atomic E-state index is 12.4. The first kappa shape index (κ1) is 16.0. The molecule has 22 heavy (non-hydrogen) atoms. The largest absolute Gasteiger partial charge is 0.480 e. The lowest BCUT2D eigenvalue weighted by Gasteiger charge is -2.25. The predicted molar refractivity (Wildman–Crippen MR) is 80.0 cm³/mol. The number of likely N-dealkylation sites (tertiary alicyclic amines) is 1. The second kappa shape index (κ2) is 7.06. The van der Waals surface area contributed by atoms with Crippen molar-refractivity contribution in [3.63, 3.8) is 0 Å². The number of carbonyl (C=O) groups is 3. The molecule has 118 valence electrons. The number of aliphatic carboxylic acids is 1. The lowest BCUT2D eigenvalue weighted by molar-refractivity contribution is -0.148. The summed E-state index contributed by atoms with van der Waals surface area (Å²) in [5.74, 6) is -1.44. The summed E-state index contributed by atoms with van der Waals surface area (Å²) in [4.78, 5) is 36.4. The van der Waals surface area contributed by atoms with Gasteiger partial charge in [0.2, 0.25) is 11.8 Å². The summed E-state index contributed by atoms with van der Waals surface area (Å²) >= 11 is 0. The molecule has 1 aromatic carbocycles. The van der Waals surface area contributed by atoms with Crippen molar-refractivity contribution >= 4 is 17.8 Å². The van der Waals surface area contributed by atoms with E-state index >= 15 is 0 Å².